The second-order valence-electron chi connectivity index (χ2n) is 18.1. The van der Waals surface area contributed by atoms with Gasteiger partial charge in [0.05, 0.1) is 0 Å². The van der Waals surface area contributed by atoms with Crippen molar-refractivity contribution in [1.82, 2.24) is 0 Å². The fourth-order valence-electron chi connectivity index (χ4n) is 7.38. The standard InChI is InChI=1S/C61H102O6/c1-4-7-10-13-16-19-22-24-26-28-30-32-34-36-39-41-44-47-50-53-59(62)65-56-58(67-61(64)55-52-49-46-43-38-21-18-15-12-9-6-3)57-66-60(63)54-51-48-45-42-40-37-35-33-31-29-27-25-23-20-17-14-11-8-5-2/h7,10,15-16,18-19,24-27,30,32,36,39,44,47,58H,4-6,8-9,11-14,17,20-23,28-29,31,33-35,37-38,40-43,45-46,48-57H2,1-3H3/b10-7-,18-15-,19-16-,26-24-,27-25-,32-30-,39-36-,47-44-/t58-/m1/s1. The third-order valence-corrected chi connectivity index (χ3v) is 11.6. The van der Waals surface area contributed by atoms with E-state index in [2.05, 4.69) is 112 Å². The predicted octanol–water partition coefficient (Wildman–Crippen LogP) is 18.5. The van der Waals surface area contributed by atoms with Crippen molar-refractivity contribution >= 4 is 17.9 Å². The minimum absolute atomic E-state index is 0.105. The summed E-state index contributed by atoms with van der Waals surface area (Å²) in [6.45, 7) is 6.41. The van der Waals surface area contributed by atoms with Gasteiger partial charge in [0.25, 0.3) is 0 Å². The number of unbranched alkanes of at least 4 members (excludes halogenated alkanes) is 22. The molecule has 0 aliphatic carbocycles. The lowest BCUT2D eigenvalue weighted by molar-refractivity contribution is -0.166. The summed E-state index contributed by atoms with van der Waals surface area (Å²) in [5, 5.41) is 0. The number of esters is 3. The summed E-state index contributed by atoms with van der Waals surface area (Å²) in [5.74, 6) is -1.01. The van der Waals surface area contributed by atoms with Gasteiger partial charge in [-0.2, -0.15) is 0 Å². The average molecular weight is 931 g/mol. The first kappa shape index (κ1) is 63.3. The van der Waals surface area contributed by atoms with E-state index in [0.717, 1.165) is 89.9 Å². The Hall–Kier alpha value is -3.67. The van der Waals surface area contributed by atoms with Crippen LogP contribution in [-0.2, 0) is 28.6 Å². The molecule has 0 radical (unpaired) electrons. The van der Waals surface area contributed by atoms with Gasteiger partial charge < -0.3 is 14.2 Å². The van der Waals surface area contributed by atoms with Gasteiger partial charge in [-0.25, -0.2) is 0 Å². The minimum Gasteiger partial charge on any atom is -0.462 e. The van der Waals surface area contributed by atoms with Crippen molar-refractivity contribution in [3.05, 3.63) is 97.2 Å². The smallest absolute Gasteiger partial charge is 0.306 e. The molecule has 0 unspecified atom stereocenters. The third kappa shape index (κ3) is 53.2. The molecule has 0 fully saturated rings. The summed E-state index contributed by atoms with van der Waals surface area (Å²) in [5.41, 5.74) is 0. The number of allylic oxidation sites excluding steroid dienone is 16. The van der Waals surface area contributed by atoms with Crippen molar-refractivity contribution < 1.29 is 28.6 Å². The highest BCUT2D eigenvalue weighted by atomic mass is 16.6. The average Bonchev–Trinajstić information content (AvgIpc) is 3.33. The van der Waals surface area contributed by atoms with Crippen molar-refractivity contribution in [1.29, 1.82) is 0 Å². The Labute approximate surface area is 413 Å². The predicted molar refractivity (Wildman–Crippen MR) is 288 cm³/mol. The fraction of sp³-hybridized carbons (Fsp3) is 0.689. The Morgan fingerprint density at radius 1 is 0.313 bits per heavy atom. The number of ether oxygens (including phenoxy) is 3. The molecule has 1 atom stereocenters. The van der Waals surface area contributed by atoms with E-state index in [-0.39, 0.29) is 37.5 Å². The Balaban J connectivity index is 4.44. The maximum absolute atomic E-state index is 12.8. The van der Waals surface area contributed by atoms with Gasteiger partial charge in [-0.3, -0.25) is 14.4 Å². The maximum Gasteiger partial charge on any atom is 0.306 e. The van der Waals surface area contributed by atoms with Crippen molar-refractivity contribution in [3.63, 3.8) is 0 Å². The molecule has 0 aromatic rings. The first-order chi connectivity index (χ1) is 33.0. The summed E-state index contributed by atoms with van der Waals surface area (Å²) in [4.78, 5) is 38.0. The highest BCUT2D eigenvalue weighted by Crippen LogP contribution is 2.14. The van der Waals surface area contributed by atoms with Crippen LogP contribution < -0.4 is 0 Å². The number of carbonyl (C=O) groups excluding carboxylic acids is 3. The monoisotopic (exact) mass is 931 g/mol. The van der Waals surface area contributed by atoms with E-state index in [1.807, 2.05) is 6.08 Å². The topological polar surface area (TPSA) is 78.9 Å². The number of hydrogen-bond acceptors (Lipinski definition) is 6. The number of hydrogen-bond donors (Lipinski definition) is 0. The van der Waals surface area contributed by atoms with E-state index < -0.39 is 6.10 Å². The highest BCUT2D eigenvalue weighted by Gasteiger charge is 2.19. The van der Waals surface area contributed by atoms with Crippen molar-refractivity contribution in [2.45, 2.75) is 258 Å². The molecule has 382 valence electrons. The zero-order valence-corrected chi connectivity index (χ0v) is 43.6. The molecule has 0 aliphatic rings. The van der Waals surface area contributed by atoms with Crippen LogP contribution in [0.2, 0.25) is 0 Å². The Morgan fingerprint density at radius 3 is 1.04 bits per heavy atom. The van der Waals surface area contributed by atoms with Gasteiger partial charge >= 0.3 is 17.9 Å². The van der Waals surface area contributed by atoms with Gasteiger partial charge in [-0.1, -0.05) is 227 Å². The van der Waals surface area contributed by atoms with Crippen molar-refractivity contribution in [2.24, 2.45) is 0 Å². The summed E-state index contributed by atoms with van der Waals surface area (Å²) in [6.07, 6.45) is 72.7. The number of carbonyl (C=O) groups is 3. The zero-order valence-electron chi connectivity index (χ0n) is 43.6. The fourth-order valence-corrected chi connectivity index (χ4v) is 7.38. The van der Waals surface area contributed by atoms with Crippen molar-refractivity contribution in [2.75, 3.05) is 13.2 Å². The molecular formula is C61H102O6. The molecule has 0 saturated heterocycles. The molecule has 0 saturated carbocycles. The lowest BCUT2D eigenvalue weighted by atomic mass is 10.1. The van der Waals surface area contributed by atoms with Crippen LogP contribution in [0.5, 0.6) is 0 Å². The van der Waals surface area contributed by atoms with Crippen LogP contribution >= 0.6 is 0 Å². The van der Waals surface area contributed by atoms with E-state index in [0.29, 0.717) is 19.3 Å². The second kappa shape index (κ2) is 54.9. The molecule has 0 bridgehead atoms. The molecule has 0 N–H and O–H groups in total. The van der Waals surface area contributed by atoms with Crippen LogP contribution in [0.1, 0.15) is 252 Å². The Morgan fingerprint density at radius 2 is 0.627 bits per heavy atom. The third-order valence-electron chi connectivity index (χ3n) is 11.6. The van der Waals surface area contributed by atoms with E-state index in [1.165, 1.54) is 116 Å². The largest absolute Gasteiger partial charge is 0.462 e. The molecule has 0 spiro atoms. The van der Waals surface area contributed by atoms with E-state index in [4.69, 9.17) is 14.2 Å². The van der Waals surface area contributed by atoms with E-state index >= 15 is 0 Å². The van der Waals surface area contributed by atoms with Gasteiger partial charge in [0.15, 0.2) is 6.10 Å². The lowest BCUT2D eigenvalue weighted by Crippen LogP contribution is -2.30. The summed E-state index contributed by atoms with van der Waals surface area (Å²) in [7, 11) is 0. The van der Waals surface area contributed by atoms with E-state index in [9.17, 15) is 14.4 Å². The Bertz CT molecular complexity index is 1350. The molecule has 0 rings (SSSR count). The molecule has 6 heteroatoms. The molecule has 67 heavy (non-hydrogen) atoms. The van der Waals surface area contributed by atoms with Crippen LogP contribution in [0, 0.1) is 0 Å². The minimum atomic E-state index is -0.813. The molecule has 6 nitrogen and oxygen atoms in total. The second-order valence-corrected chi connectivity index (χ2v) is 18.1. The van der Waals surface area contributed by atoms with E-state index in [1.54, 1.807) is 0 Å². The normalized spacial score (nSPS) is 12.8. The first-order valence-electron chi connectivity index (χ1n) is 27.7. The zero-order chi connectivity index (χ0) is 48.6. The van der Waals surface area contributed by atoms with Crippen LogP contribution in [0.15, 0.2) is 97.2 Å². The van der Waals surface area contributed by atoms with Gasteiger partial charge in [-0.15, -0.1) is 0 Å². The molecule has 0 heterocycles. The molecule has 0 aromatic carbocycles. The van der Waals surface area contributed by atoms with Gasteiger partial charge in [0.1, 0.15) is 13.2 Å². The van der Waals surface area contributed by atoms with Crippen LogP contribution in [0.3, 0.4) is 0 Å². The van der Waals surface area contributed by atoms with Crippen LogP contribution in [0.25, 0.3) is 0 Å². The van der Waals surface area contributed by atoms with Gasteiger partial charge in [-0.05, 0) is 103 Å². The Kier molecular flexibility index (Phi) is 51.9. The van der Waals surface area contributed by atoms with Gasteiger partial charge in [0, 0.05) is 19.3 Å². The molecule has 0 amide bonds. The van der Waals surface area contributed by atoms with Gasteiger partial charge in [0.2, 0.25) is 0 Å². The maximum atomic E-state index is 12.8. The summed E-state index contributed by atoms with van der Waals surface area (Å²) < 4.78 is 16.7. The van der Waals surface area contributed by atoms with Crippen LogP contribution in [-0.4, -0.2) is 37.2 Å². The highest BCUT2D eigenvalue weighted by molar-refractivity contribution is 5.71. The SMILES string of the molecule is CC/C=C\C/C=C\C/C=C\C/C=C\C/C=C\C/C=C\CCC(=O)OC[C@H](COC(=O)CCCCCCCCCCC/C=C\CCCCCCCC)OC(=O)CCCCCCC/C=C\CCCC. The molecule has 0 aliphatic heterocycles. The van der Waals surface area contributed by atoms with Crippen LogP contribution in [0.4, 0.5) is 0 Å². The summed E-state index contributed by atoms with van der Waals surface area (Å²) in [6, 6.07) is 0. The molecular weight excluding hydrogens is 829 g/mol. The molecule has 0 aromatic heterocycles. The summed E-state index contributed by atoms with van der Waals surface area (Å²) >= 11 is 0. The van der Waals surface area contributed by atoms with Crippen molar-refractivity contribution in [3.8, 4) is 0 Å². The number of rotatable bonds is 49. The first-order valence-corrected chi connectivity index (χ1v) is 27.7. The quantitative estimate of drug-likeness (QED) is 0.0262. The lowest BCUT2D eigenvalue weighted by Gasteiger charge is -2.18.